The van der Waals surface area contributed by atoms with Crippen LogP contribution in [0.4, 0.5) is 5.69 Å². The average molecular weight is 252 g/mol. The molecule has 3 rings (SSSR count). The van der Waals surface area contributed by atoms with Gasteiger partial charge in [-0.2, -0.15) is 0 Å². The smallest absolute Gasteiger partial charge is 0.0708 e. The summed E-state index contributed by atoms with van der Waals surface area (Å²) in [6, 6.07) is 11.0. The molecule has 1 aliphatic heterocycles. The van der Waals surface area contributed by atoms with Crippen LogP contribution in [0.5, 0.6) is 0 Å². The molecule has 2 aromatic rings. The van der Waals surface area contributed by atoms with Crippen molar-refractivity contribution in [1.82, 2.24) is 4.98 Å². The van der Waals surface area contributed by atoms with Crippen molar-refractivity contribution in [2.24, 2.45) is 0 Å². The summed E-state index contributed by atoms with van der Waals surface area (Å²) in [5.41, 5.74) is 6.46. The van der Waals surface area contributed by atoms with Crippen LogP contribution in [-0.4, -0.2) is 11.5 Å². The summed E-state index contributed by atoms with van der Waals surface area (Å²) in [5, 5.41) is 3.46. The molecule has 2 heterocycles. The molecule has 2 heteroatoms. The number of fused-ring (bicyclic) bond motifs is 1. The number of aryl methyl sites for hydroxylation is 1. The van der Waals surface area contributed by atoms with Crippen LogP contribution in [0.3, 0.4) is 0 Å². The van der Waals surface area contributed by atoms with Crippen molar-refractivity contribution in [3.63, 3.8) is 0 Å². The first-order chi connectivity index (χ1) is 9.04. The Kier molecular flexibility index (Phi) is 2.81. The molecule has 0 radical (unpaired) electrons. The molecule has 1 aliphatic rings. The monoisotopic (exact) mass is 252 g/mol. The van der Waals surface area contributed by atoms with E-state index in [9.17, 15) is 0 Å². The summed E-state index contributed by atoms with van der Waals surface area (Å²) < 4.78 is 0. The first-order valence-electron chi connectivity index (χ1n) is 6.83. The average Bonchev–Trinajstić information content (AvgIpc) is 2.68. The van der Waals surface area contributed by atoms with E-state index >= 15 is 0 Å². The van der Waals surface area contributed by atoms with Crippen LogP contribution in [0.1, 0.15) is 36.2 Å². The van der Waals surface area contributed by atoms with Crippen LogP contribution >= 0.6 is 0 Å². The summed E-state index contributed by atoms with van der Waals surface area (Å²) in [6.07, 6.45) is 2.97. The van der Waals surface area contributed by atoms with Crippen LogP contribution in [0, 0.1) is 6.92 Å². The van der Waals surface area contributed by atoms with E-state index in [0.29, 0.717) is 0 Å². The largest absolute Gasteiger partial charge is 0.383 e. The molecule has 0 fully saturated rings. The normalized spacial score (nSPS) is 15.9. The van der Waals surface area contributed by atoms with Gasteiger partial charge in [0.05, 0.1) is 11.4 Å². The first-order valence-corrected chi connectivity index (χ1v) is 6.83. The molecular weight excluding hydrogens is 232 g/mol. The van der Waals surface area contributed by atoms with Gasteiger partial charge in [0.2, 0.25) is 0 Å². The third kappa shape index (κ3) is 2.35. The minimum atomic E-state index is 0.151. The number of nitrogens with one attached hydrogen (secondary N) is 1. The number of hydrogen-bond acceptors (Lipinski definition) is 2. The summed E-state index contributed by atoms with van der Waals surface area (Å²) in [5.74, 6) is 0. The van der Waals surface area contributed by atoms with Gasteiger partial charge in [-0.15, -0.1) is 0 Å². The summed E-state index contributed by atoms with van der Waals surface area (Å²) in [7, 11) is 0. The number of anilines is 1. The molecular formula is C17H20N2. The molecule has 98 valence electrons. The Hall–Kier alpha value is -1.83. The maximum absolute atomic E-state index is 4.66. The van der Waals surface area contributed by atoms with E-state index in [2.05, 4.69) is 61.4 Å². The van der Waals surface area contributed by atoms with Crippen molar-refractivity contribution in [2.75, 3.05) is 11.9 Å². The third-order valence-corrected chi connectivity index (χ3v) is 3.84. The minimum absolute atomic E-state index is 0.151. The van der Waals surface area contributed by atoms with Gasteiger partial charge >= 0.3 is 0 Å². The maximum Gasteiger partial charge on any atom is 0.0708 e. The number of hydrogen-bond donors (Lipinski definition) is 1. The fourth-order valence-electron chi connectivity index (χ4n) is 2.62. The highest BCUT2D eigenvalue weighted by molar-refractivity contribution is 5.58. The molecule has 0 spiro atoms. The molecule has 0 saturated heterocycles. The maximum atomic E-state index is 4.66. The molecule has 2 nitrogen and oxygen atoms in total. The van der Waals surface area contributed by atoms with E-state index in [1.54, 1.807) is 0 Å². The van der Waals surface area contributed by atoms with Crippen molar-refractivity contribution in [3.8, 4) is 0 Å². The highest BCUT2D eigenvalue weighted by Gasteiger charge is 2.31. The number of pyridine rings is 1. The second-order valence-corrected chi connectivity index (χ2v) is 6.14. The van der Waals surface area contributed by atoms with Crippen LogP contribution < -0.4 is 5.32 Å². The molecule has 1 N–H and O–H groups in total. The Balaban J connectivity index is 1.86. The van der Waals surface area contributed by atoms with Crippen LogP contribution in [-0.2, 0) is 11.8 Å². The lowest BCUT2D eigenvalue weighted by atomic mass is 9.91. The Morgan fingerprint density at radius 3 is 2.63 bits per heavy atom. The first kappa shape index (κ1) is 12.2. The highest BCUT2D eigenvalue weighted by Crippen LogP contribution is 2.34. The van der Waals surface area contributed by atoms with Gasteiger partial charge < -0.3 is 5.32 Å². The molecule has 0 unspecified atom stereocenters. The van der Waals surface area contributed by atoms with E-state index in [4.69, 9.17) is 0 Å². The van der Waals surface area contributed by atoms with E-state index in [-0.39, 0.29) is 5.41 Å². The number of benzene rings is 1. The molecule has 0 saturated carbocycles. The van der Waals surface area contributed by atoms with Crippen LogP contribution in [0.25, 0.3) is 0 Å². The van der Waals surface area contributed by atoms with Gasteiger partial charge in [0, 0.05) is 18.2 Å². The van der Waals surface area contributed by atoms with Gasteiger partial charge in [0.15, 0.2) is 0 Å². The van der Waals surface area contributed by atoms with Gasteiger partial charge in [0.25, 0.3) is 0 Å². The van der Waals surface area contributed by atoms with Crippen LogP contribution in [0.2, 0.25) is 0 Å². The predicted molar refractivity (Wildman–Crippen MR) is 79.7 cm³/mol. The number of nitrogens with zero attached hydrogens (tertiary/aromatic N) is 1. The van der Waals surface area contributed by atoms with E-state index in [1.165, 1.54) is 28.1 Å². The Bertz CT molecular complexity index is 597. The van der Waals surface area contributed by atoms with E-state index < -0.39 is 0 Å². The van der Waals surface area contributed by atoms with E-state index in [0.717, 1.165) is 13.0 Å². The van der Waals surface area contributed by atoms with Crippen molar-refractivity contribution < 1.29 is 0 Å². The SMILES string of the molecule is Cc1ccc(Cc2cnc3c(c2)NCC3(C)C)cc1. The second-order valence-electron chi connectivity index (χ2n) is 6.14. The standard InChI is InChI=1S/C17H20N2/c1-12-4-6-13(7-5-12)8-14-9-15-16(18-10-14)17(2,3)11-19-15/h4-7,9-10,19H,8,11H2,1-3H3. The molecule has 0 bridgehead atoms. The Morgan fingerprint density at radius 1 is 1.16 bits per heavy atom. The quantitative estimate of drug-likeness (QED) is 0.882. The lowest BCUT2D eigenvalue weighted by Gasteiger charge is -2.15. The van der Waals surface area contributed by atoms with E-state index in [1.807, 2.05) is 6.20 Å². The summed E-state index contributed by atoms with van der Waals surface area (Å²) in [4.78, 5) is 4.66. The highest BCUT2D eigenvalue weighted by atomic mass is 15.0. The van der Waals surface area contributed by atoms with Crippen molar-refractivity contribution in [3.05, 3.63) is 58.9 Å². The summed E-state index contributed by atoms with van der Waals surface area (Å²) >= 11 is 0. The molecule has 1 aromatic heterocycles. The zero-order valence-corrected chi connectivity index (χ0v) is 11.8. The fraction of sp³-hybridized carbons (Fsp3) is 0.353. The van der Waals surface area contributed by atoms with Gasteiger partial charge in [-0.25, -0.2) is 0 Å². The second kappa shape index (κ2) is 4.37. The Labute approximate surface area is 114 Å². The Morgan fingerprint density at radius 2 is 1.89 bits per heavy atom. The lowest BCUT2D eigenvalue weighted by molar-refractivity contribution is 0.568. The third-order valence-electron chi connectivity index (χ3n) is 3.84. The fourth-order valence-corrected chi connectivity index (χ4v) is 2.62. The van der Waals surface area contributed by atoms with Crippen molar-refractivity contribution >= 4 is 5.69 Å². The number of rotatable bonds is 2. The molecule has 1 aromatic carbocycles. The van der Waals surface area contributed by atoms with Gasteiger partial charge in [0.1, 0.15) is 0 Å². The van der Waals surface area contributed by atoms with Crippen LogP contribution in [0.15, 0.2) is 36.5 Å². The van der Waals surface area contributed by atoms with Gasteiger partial charge in [-0.05, 0) is 30.5 Å². The summed E-state index contributed by atoms with van der Waals surface area (Å²) in [6.45, 7) is 7.56. The minimum Gasteiger partial charge on any atom is -0.383 e. The molecule has 19 heavy (non-hydrogen) atoms. The molecule has 0 atom stereocenters. The zero-order chi connectivity index (χ0) is 13.5. The topological polar surface area (TPSA) is 24.9 Å². The molecule has 0 aliphatic carbocycles. The predicted octanol–water partition coefficient (Wildman–Crippen LogP) is 3.68. The van der Waals surface area contributed by atoms with Crippen molar-refractivity contribution in [1.29, 1.82) is 0 Å². The van der Waals surface area contributed by atoms with Crippen molar-refractivity contribution in [2.45, 2.75) is 32.6 Å². The number of aromatic nitrogens is 1. The lowest BCUT2D eigenvalue weighted by Crippen LogP contribution is -2.19. The molecule has 0 amide bonds. The zero-order valence-electron chi connectivity index (χ0n) is 11.8. The van der Waals surface area contributed by atoms with Gasteiger partial charge in [-0.1, -0.05) is 43.7 Å². The van der Waals surface area contributed by atoms with Gasteiger partial charge in [-0.3, -0.25) is 4.98 Å².